The van der Waals surface area contributed by atoms with Crippen LogP contribution < -0.4 is 0 Å². The van der Waals surface area contributed by atoms with Gasteiger partial charge in [0.25, 0.3) is 5.91 Å². The summed E-state index contributed by atoms with van der Waals surface area (Å²) in [5.74, 6) is -2.85. The normalized spacial score (nSPS) is 9.36. The van der Waals surface area contributed by atoms with Gasteiger partial charge in [-0.2, -0.15) is 0 Å². The van der Waals surface area contributed by atoms with Crippen molar-refractivity contribution in [3.8, 4) is 0 Å². The fourth-order valence-electron chi connectivity index (χ4n) is 0.916. The molecule has 0 N–H and O–H groups in total. The van der Waals surface area contributed by atoms with Crippen molar-refractivity contribution in [3.63, 3.8) is 0 Å². The first-order valence-corrected chi connectivity index (χ1v) is 3.61. The highest BCUT2D eigenvalue weighted by atomic mass is 19.1. The molecule has 4 nitrogen and oxygen atoms in total. The highest BCUT2D eigenvalue weighted by Crippen LogP contribution is 2.15. The molecule has 1 rings (SSSR count). The van der Waals surface area contributed by atoms with Crippen LogP contribution in [-0.2, 0) is 0 Å². The molecule has 72 valence electrons. The molecule has 1 amide bonds. The number of azide groups is 1. The third-order valence-electron chi connectivity index (χ3n) is 1.61. The number of amides is 1. The Kier molecular flexibility index (Phi) is 2.79. The van der Waals surface area contributed by atoms with Crippen molar-refractivity contribution < 1.29 is 13.6 Å². The standard InChI is InChI=1S/C8H5F2N3O/c1-4-2-5(8(14)12-13-11)7(10)3-6(4)9/h2-3H,1H3. The Balaban J connectivity index is 3.29. The van der Waals surface area contributed by atoms with Crippen molar-refractivity contribution in [2.75, 3.05) is 0 Å². The minimum Gasteiger partial charge on any atom is -0.287 e. The summed E-state index contributed by atoms with van der Waals surface area (Å²) in [5, 5.41) is 2.71. The number of carbonyl (C=O) groups excluding carboxylic acids is 1. The fraction of sp³-hybridized carbons (Fsp3) is 0.125. The van der Waals surface area contributed by atoms with Gasteiger partial charge in [-0.05, 0) is 29.2 Å². The Labute approximate surface area is 77.8 Å². The highest BCUT2D eigenvalue weighted by Gasteiger charge is 2.12. The Morgan fingerprint density at radius 1 is 1.43 bits per heavy atom. The van der Waals surface area contributed by atoms with Gasteiger partial charge in [0.1, 0.15) is 11.6 Å². The summed E-state index contributed by atoms with van der Waals surface area (Å²) < 4.78 is 25.7. The minimum atomic E-state index is -1.06. The molecule has 0 aliphatic heterocycles. The van der Waals surface area contributed by atoms with Gasteiger partial charge in [0.15, 0.2) is 0 Å². The number of nitrogens with zero attached hydrogens (tertiary/aromatic N) is 3. The first kappa shape index (κ1) is 10.1. The molecule has 0 aliphatic carbocycles. The first-order chi connectivity index (χ1) is 6.56. The largest absolute Gasteiger partial charge is 0.287 e. The van der Waals surface area contributed by atoms with E-state index in [1.807, 2.05) is 0 Å². The lowest BCUT2D eigenvalue weighted by Crippen LogP contribution is -2.00. The minimum absolute atomic E-state index is 0.114. The number of halogens is 2. The summed E-state index contributed by atoms with van der Waals surface area (Å²) >= 11 is 0. The van der Waals surface area contributed by atoms with Gasteiger partial charge in [0, 0.05) is 11.0 Å². The Morgan fingerprint density at radius 2 is 2.07 bits per heavy atom. The molecular formula is C8H5F2N3O. The van der Waals surface area contributed by atoms with Crippen LogP contribution in [0.2, 0.25) is 0 Å². The number of aryl methyl sites for hydroxylation is 1. The third-order valence-corrected chi connectivity index (χ3v) is 1.61. The van der Waals surface area contributed by atoms with E-state index in [-0.39, 0.29) is 5.56 Å². The van der Waals surface area contributed by atoms with E-state index >= 15 is 0 Å². The van der Waals surface area contributed by atoms with Gasteiger partial charge in [0.05, 0.1) is 5.56 Å². The van der Waals surface area contributed by atoms with E-state index in [4.69, 9.17) is 5.53 Å². The van der Waals surface area contributed by atoms with Gasteiger partial charge in [-0.25, -0.2) is 8.78 Å². The zero-order valence-electron chi connectivity index (χ0n) is 7.16. The second-order valence-corrected chi connectivity index (χ2v) is 2.58. The maximum Gasteiger partial charge on any atom is 0.252 e. The molecule has 6 heteroatoms. The molecule has 1 aromatic carbocycles. The maximum atomic E-state index is 13.0. The van der Waals surface area contributed by atoms with Crippen LogP contribution in [0.5, 0.6) is 0 Å². The zero-order chi connectivity index (χ0) is 10.7. The van der Waals surface area contributed by atoms with Crippen LogP contribution in [0, 0.1) is 18.6 Å². The van der Waals surface area contributed by atoms with Crippen molar-refractivity contribution in [2.24, 2.45) is 5.11 Å². The average molecular weight is 197 g/mol. The second kappa shape index (κ2) is 3.85. The van der Waals surface area contributed by atoms with Gasteiger partial charge in [-0.3, -0.25) is 4.79 Å². The lowest BCUT2D eigenvalue weighted by molar-refractivity contribution is 0.0996. The molecule has 0 bridgehead atoms. The van der Waals surface area contributed by atoms with Crippen LogP contribution in [0.1, 0.15) is 15.9 Å². The summed E-state index contributed by atoms with van der Waals surface area (Å²) in [6.45, 7) is 1.38. The Bertz CT molecular complexity index is 438. The molecule has 0 atom stereocenters. The summed E-state index contributed by atoms with van der Waals surface area (Å²) in [5.41, 5.74) is 7.64. The topological polar surface area (TPSA) is 65.8 Å². The summed E-state index contributed by atoms with van der Waals surface area (Å²) in [6.07, 6.45) is 0. The number of rotatable bonds is 1. The van der Waals surface area contributed by atoms with Crippen LogP contribution in [-0.4, -0.2) is 5.91 Å². The van der Waals surface area contributed by atoms with Gasteiger partial charge in [-0.1, -0.05) is 0 Å². The lowest BCUT2D eigenvalue weighted by Gasteiger charge is -2.00. The monoisotopic (exact) mass is 197 g/mol. The molecule has 0 fully saturated rings. The fourth-order valence-corrected chi connectivity index (χ4v) is 0.916. The van der Waals surface area contributed by atoms with Gasteiger partial charge < -0.3 is 0 Å². The first-order valence-electron chi connectivity index (χ1n) is 3.61. The molecule has 0 aromatic heterocycles. The maximum absolute atomic E-state index is 13.0. The van der Waals surface area contributed by atoms with E-state index in [1.54, 1.807) is 0 Å². The molecule has 0 saturated carbocycles. The van der Waals surface area contributed by atoms with E-state index in [0.717, 1.165) is 6.07 Å². The molecule has 0 unspecified atom stereocenters. The van der Waals surface area contributed by atoms with Crippen LogP contribution in [0.3, 0.4) is 0 Å². The molecule has 0 spiro atoms. The molecule has 1 aromatic rings. The molecule has 0 aliphatic rings. The molecular weight excluding hydrogens is 192 g/mol. The van der Waals surface area contributed by atoms with Crippen molar-refractivity contribution in [3.05, 3.63) is 45.3 Å². The molecule has 0 radical (unpaired) electrons. The van der Waals surface area contributed by atoms with Crippen LogP contribution in [0.15, 0.2) is 17.2 Å². The SMILES string of the molecule is Cc1cc(C(=O)N=[N+]=[N-])c(F)cc1F. The summed E-state index contributed by atoms with van der Waals surface area (Å²) in [4.78, 5) is 13.2. The van der Waals surface area contributed by atoms with E-state index in [0.29, 0.717) is 6.07 Å². The lowest BCUT2D eigenvalue weighted by atomic mass is 10.1. The van der Waals surface area contributed by atoms with Gasteiger partial charge >= 0.3 is 0 Å². The highest BCUT2D eigenvalue weighted by molar-refractivity contribution is 5.95. The van der Waals surface area contributed by atoms with Crippen molar-refractivity contribution in [2.45, 2.75) is 6.92 Å². The third kappa shape index (κ3) is 1.86. The van der Waals surface area contributed by atoms with Crippen LogP contribution in [0.4, 0.5) is 8.78 Å². The van der Waals surface area contributed by atoms with Crippen LogP contribution in [0.25, 0.3) is 10.4 Å². The van der Waals surface area contributed by atoms with E-state index < -0.39 is 23.1 Å². The van der Waals surface area contributed by atoms with Crippen molar-refractivity contribution in [1.29, 1.82) is 0 Å². The van der Waals surface area contributed by atoms with E-state index in [1.165, 1.54) is 6.92 Å². The number of carbonyl (C=O) groups is 1. The average Bonchev–Trinajstić information content (AvgIpc) is 2.11. The number of benzene rings is 1. The zero-order valence-corrected chi connectivity index (χ0v) is 7.16. The second-order valence-electron chi connectivity index (χ2n) is 2.58. The summed E-state index contributed by atoms with van der Waals surface area (Å²) in [7, 11) is 0. The molecule has 0 heterocycles. The van der Waals surface area contributed by atoms with Gasteiger partial charge in [0.2, 0.25) is 0 Å². The predicted octanol–water partition coefficient (Wildman–Crippen LogP) is 2.72. The quantitative estimate of drug-likeness (QED) is 0.387. The molecule has 0 saturated heterocycles. The van der Waals surface area contributed by atoms with E-state index in [2.05, 4.69) is 10.0 Å². The van der Waals surface area contributed by atoms with Crippen LogP contribution >= 0.6 is 0 Å². The smallest absolute Gasteiger partial charge is 0.252 e. The summed E-state index contributed by atoms with van der Waals surface area (Å²) in [6, 6.07) is 1.58. The Hall–Kier alpha value is -1.94. The van der Waals surface area contributed by atoms with E-state index in [9.17, 15) is 13.6 Å². The molecule has 14 heavy (non-hydrogen) atoms. The Morgan fingerprint density at radius 3 is 2.64 bits per heavy atom. The van der Waals surface area contributed by atoms with Crippen molar-refractivity contribution >= 4 is 5.91 Å². The van der Waals surface area contributed by atoms with Gasteiger partial charge in [-0.15, -0.1) is 0 Å². The number of hydrogen-bond donors (Lipinski definition) is 0. The predicted molar refractivity (Wildman–Crippen MR) is 44.6 cm³/mol. The van der Waals surface area contributed by atoms with Crippen molar-refractivity contribution in [1.82, 2.24) is 0 Å². The number of hydrogen-bond acceptors (Lipinski definition) is 1.